The van der Waals surface area contributed by atoms with E-state index in [1.165, 1.54) is 12.8 Å². The summed E-state index contributed by atoms with van der Waals surface area (Å²) in [5.74, 6) is 0.489. The van der Waals surface area contributed by atoms with Crippen molar-refractivity contribution in [2.45, 2.75) is 39.3 Å². The second-order valence-electron chi connectivity index (χ2n) is 9.85. The number of amides is 1. The summed E-state index contributed by atoms with van der Waals surface area (Å²) in [4.78, 5) is 13.4. The van der Waals surface area contributed by atoms with Crippen LogP contribution in [0.25, 0.3) is 5.69 Å². The van der Waals surface area contributed by atoms with E-state index in [0.717, 1.165) is 51.1 Å². The van der Waals surface area contributed by atoms with Crippen molar-refractivity contribution in [3.63, 3.8) is 0 Å². The average molecular weight is 514 g/mol. The van der Waals surface area contributed by atoms with Gasteiger partial charge in [-0.2, -0.15) is 5.10 Å². The third-order valence-corrected chi connectivity index (χ3v) is 7.03. The van der Waals surface area contributed by atoms with Crippen LogP contribution in [0.4, 0.5) is 5.69 Å². The molecule has 0 radical (unpaired) electrons. The molecule has 190 valence electrons. The Labute approximate surface area is 222 Å². The van der Waals surface area contributed by atoms with Crippen LogP contribution in [0.3, 0.4) is 0 Å². The van der Waals surface area contributed by atoms with Gasteiger partial charge in [-0.05, 0) is 97.8 Å². The molecular weight excluding hydrogens is 482 g/mol. The number of hydrogen-bond acceptors (Lipinski definition) is 4. The van der Waals surface area contributed by atoms with E-state index in [-0.39, 0.29) is 11.9 Å². The van der Waals surface area contributed by atoms with Crippen molar-refractivity contribution in [1.29, 1.82) is 0 Å². The van der Waals surface area contributed by atoms with Crippen LogP contribution in [0.2, 0.25) is 5.02 Å². The van der Waals surface area contributed by atoms with Crippen LogP contribution in [0.1, 0.15) is 57.3 Å². The Morgan fingerprint density at radius 2 is 1.89 bits per heavy atom. The maximum atomic E-state index is 13.4. The summed E-state index contributed by atoms with van der Waals surface area (Å²) in [6.07, 6.45) is 2.53. The molecule has 0 aliphatic heterocycles. The Balaban J connectivity index is 1.42. The Morgan fingerprint density at radius 1 is 1.08 bits per heavy atom. The number of hydrogen-bond donors (Lipinski definition) is 3. The van der Waals surface area contributed by atoms with Crippen molar-refractivity contribution in [2.75, 3.05) is 11.9 Å². The smallest absolute Gasteiger partial charge is 0.274 e. The zero-order chi connectivity index (χ0) is 25.9. The number of rotatable bonds is 9. The van der Waals surface area contributed by atoms with Gasteiger partial charge in [0.05, 0.1) is 17.4 Å². The van der Waals surface area contributed by atoms with Gasteiger partial charge in [-0.25, -0.2) is 4.68 Å². The first-order chi connectivity index (χ1) is 17.9. The van der Waals surface area contributed by atoms with Crippen molar-refractivity contribution >= 4 is 23.2 Å². The Bertz CT molecular complexity index is 1430. The molecule has 1 atom stereocenters. The molecule has 4 N–H and O–H groups in total. The van der Waals surface area contributed by atoms with Gasteiger partial charge in [0.15, 0.2) is 0 Å². The summed E-state index contributed by atoms with van der Waals surface area (Å²) in [5.41, 5.74) is 12.7. The molecule has 1 unspecified atom stereocenters. The maximum Gasteiger partial charge on any atom is 0.274 e. The number of carbonyl (C=O) groups excluding carboxylic acids is 1. The lowest BCUT2D eigenvalue weighted by Crippen LogP contribution is -2.25. The number of nitrogens with one attached hydrogen (secondary N) is 2. The van der Waals surface area contributed by atoms with E-state index < -0.39 is 0 Å². The minimum Gasteiger partial charge on any atom is -0.326 e. The van der Waals surface area contributed by atoms with Crippen LogP contribution in [0.15, 0.2) is 72.8 Å². The maximum absolute atomic E-state index is 13.4. The van der Waals surface area contributed by atoms with Crippen LogP contribution >= 0.6 is 11.6 Å². The number of nitrogens with zero attached hydrogens (tertiary/aromatic N) is 2. The third kappa shape index (κ3) is 5.93. The predicted molar refractivity (Wildman–Crippen MR) is 149 cm³/mol. The summed E-state index contributed by atoms with van der Waals surface area (Å²) in [5, 5.41) is 12.1. The van der Waals surface area contributed by atoms with Gasteiger partial charge in [-0.3, -0.25) is 4.79 Å². The normalized spacial score (nSPS) is 13.9. The number of benzene rings is 3. The lowest BCUT2D eigenvalue weighted by Gasteiger charge is -2.22. The van der Waals surface area contributed by atoms with E-state index in [2.05, 4.69) is 33.9 Å². The fraction of sp³-hybridized carbons (Fsp3) is 0.267. The minimum atomic E-state index is -0.230. The monoisotopic (exact) mass is 513 g/mol. The first kappa shape index (κ1) is 25.2. The summed E-state index contributed by atoms with van der Waals surface area (Å²) in [6.45, 7) is 5.27. The first-order valence-corrected chi connectivity index (χ1v) is 13.1. The number of aryl methyl sites for hydroxylation is 2. The van der Waals surface area contributed by atoms with E-state index >= 15 is 0 Å². The summed E-state index contributed by atoms with van der Waals surface area (Å²) in [6, 6.07) is 23.6. The van der Waals surface area contributed by atoms with Crippen molar-refractivity contribution < 1.29 is 4.79 Å². The number of nitrogens with two attached hydrogens (primary N) is 1. The lowest BCUT2D eigenvalue weighted by molar-refractivity contribution is 0.101. The fourth-order valence-electron chi connectivity index (χ4n) is 4.54. The highest BCUT2D eigenvalue weighted by Gasteiger charge is 2.25. The van der Waals surface area contributed by atoms with Gasteiger partial charge in [0.2, 0.25) is 0 Å². The number of halogens is 1. The van der Waals surface area contributed by atoms with Gasteiger partial charge >= 0.3 is 0 Å². The largest absolute Gasteiger partial charge is 0.326 e. The van der Waals surface area contributed by atoms with Crippen LogP contribution in [0.5, 0.6) is 0 Å². The molecule has 1 aliphatic carbocycles. The molecule has 1 aromatic heterocycles. The fourth-order valence-corrected chi connectivity index (χ4v) is 4.89. The molecule has 1 saturated carbocycles. The zero-order valence-electron chi connectivity index (χ0n) is 21.2. The second-order valence-corrected chi connectivity index (χ2v) is 10.3. The van der Waals surface area contributed by atoms with E-state index in [1.54, 1.807) is 10.7 Å². The molecule has 7 heteroatoms. The van der Waals surface area contributed by atoms with Crippen molar-refractivity contribution in [2.24, 2.45) is 11.7 Å². The topological polar surface area (TPSA) is 85.0 Å². The molecule has 0 spiro atoms. The van der Waals surface area contributed by atoms with Crippen LogP contribution in [-0.4, -0.2) is 22.2 Å². The van der Waals surface area contributed by atoms with Gasteiger partial charge < -0.3 is 16.4 Å². The van der Waals surface area contributed by atoms with E-state index in [4.69, 9.17) is 17.3 Å². The van der Waals surface area contributed by atoms with E-state index in [9.17, 15) is 4.79 Å². The molecule has 6 nitrogen and oxygen atoms in total. The highest BCUT2D eigenvalue weighted by atomic mass is 35.5. The Kier molecular flexibility index (Phi) is 7.42. The Morgan fingerprint density at radius 3 is 2.65 bits per heavy atom. The van der Waals surface area contributed by atoms with Gasteiger partial charge in [-0.1, -0.05) is 48.0 Å². The number of anilines is 1. The molecule has 1 heterocycles. The third-order valence-electron chi connectivity index (χ3n) is 6.71. The minimum absolute atomic E-state index is 0.0719. The molecule has 1 aliphatic rings. The Hall–Kier alpha value is -3.45. The van der Waals surface area contributed by atoms with Gasteiger partial charge in [0.1, 0.15) is 5.69 Å². The summed E-state index contributed by atoms with van der Waals surface area (Å²) >= 11 is 6.68. The van der Waals surface area contributed by atoms with Gasteiger partial charge in [0, 0.05) is 17.3 Å². The summed E-state index contributed by atoms with van der Waals surface area (Å²) in [7, 11) is 0. The molecule has 0 saturated heterocycles. The van der Waals surface area contributed by atoms with Crippen molar-refractivity contribution in [3.05, 3.63) is 111 Å². The van der Waals surface area contributed by atoms with Gasteiger partial charge in [0.25, 0.3) is 5.91 Å². The van der Waals surface area contributed by atoms with Crippen LogP contribution in [-0.2, 0) is 6.54 Å². The molecule has 4 aromatic rings. The SMILES string of the molecule is Cc1ccc(C(NCC2CC2)c2cccc(NC(=O)c3cc(C)nn3-c3cccc(CN)c3)c2)c(Cl)c1. The van der Waals surface area contributed by atoms with Crippen molar-refractivity contribution in [1.82, 2.24) is 15.1 Å². The molecule has 3 aromatic carbocycles. The van der Waals surface area contributed by atoms with E-state index in [1.807, 2.05) is 62.4 Å². The molecule has 0 bridgehead atoms. The van der Waals surface area contributed by atoms with Crippen LogP contribution in [0, 0.1) is 19.8 Å². The first-order valence-electron chi connectivity index (χ1n) is 12.7. The molecule has 37 heavy (non-hydrogen) atoms. The van der Waals surface area contributed by atoms with Crippen molar-refractivity contribution in [3.8, 4) is 5.69 Å². The molecule has 5 rings (SSSR count). The zero-order valence-corrected chi connectivity index (χ0v) is 21.9. The molecular formula is C30H32ClN5O. The summed E-state index contributed by atoms with van der Waals surface area (Å²) < 4.78 is 1.67. The number of aromatic nitrogens is 2. The van der Waals surface area contributed by atoms with Gasteiger partial charge in [-0.15, -0.1) is 0 Å². The predicted octanol–water partition coefficient (Wildman–Crippen LogP) is 5.94. The number of carbonyl (C=O) groups is 1. The highest BCUT2D eigenvalue weighted by Crippen LogP contribution is 2.33. The van der Waals surface area contributed by atoms with Crippen LogP contribution < -0.4 is 16.4 Å². The molecule has 1 fully saturated rings. The quantitative estimate of drug-likeness (QED) is 0.258. The average Bonchev–Trinajstić information content (AvgIpc) is 3.64. The molecule has 1 amide bonds. The second kappa shape index (κ2) is 10.9. The lowest BCUT2D eigenvalue weighted by atomic mass is 9.97. The highest BCUT2D eigenvalue weighted by molar-refractivity contribution is 6.31. The van der Waals surface area contributed by atoms with E-state index in [0.29, 0.717) is 17.9 Å². The standard InChI is InChI=1S/C30H32ClN5O/c1-19-9-12-26(27(31)13-19)29(33-18-21-10-11-21)23-6-4-7-24(16-23)34-30(37)28-14-20(2)35-36(28)25-8-3-5-22(15-25)17-32/h3-9,12-16,21,29,33H,10-11,17-18,32H2,1-2H3,(H,34,37).